The van der Waals surface area contributed by atoms with Crippen molar-refractivity contribution in [1.82, 2.24) is 5.32 Å². The minimum absolute atomic E-state index is 0.108. The molecule has 6 nitrogen and oxygen atoms in total. The fraction of sp³-hybridized carbons (Fsp3) is 0.667. The lowest BCUT2D eigenvalue weighted by molar-refractivity contribution is -0.150. The highest BCUT2D eigenvalue weighted by Gasteiger charge is 2.48. The monoisotopic (exact) mass is 451 g/mol. The van der Waals surface area contributed by atoms with Crippen molar-refractivity contribution in [3.8, 4) is 0 Å². The van der Waals surface area contributed by atoms with E-state index in [1.165, 1.54) is 0 Å². The first-order valence-corrected chi connectivity index (χ1v) is 13.9. The van der Waals surface area contributed by atoms with E-state index in [4.69, 9.17) is 18.6 Å². The molecule has 1 aliphatic heterocycles. The van der Waals surface area contributed by atoms with Gasteiger partial charge in [-0.15, -0.1) is 0 Å². The van der Waals surface area contributed by atoms with Crippen LogP contribution in [0.5, 0.6) is 0 Å². The molecule has 31 heavy (non-hydrogen) atoms. The third kappa shape index (κ3) is 7.13. The molecule has 0 unspecified atom stereocenters. The standard InChI is InChI=1S/C24H41NO5Si/c1-23(2,3)31(7,8)28-17-20-22(30-24(4,5)29-20)21(19(27-6)14-15-26)25-16-18-12-10-9-11-13-18/h9-14,20-22,25-26H,15-17H2,1-8H3/b19-14+/t20-,21-,22-/m0/s1. The van der Waals surface area contributed by atoms with Gasteiger partial charge >= 0.3 is 0 Å². The highest BCUT2D eigenvalue weighted by Crippen LogP contribution is 2.38. The van der Waals surface area contributed by atoms with Crippen molar-refractivity contribution in [2.24, 2.45) is 0 Å². The zero-order chi connectivity index (χ0) is 23.3. The summed E-state index contributed by atoms with van der Waals surface area (Å²) in [5.74, 6) is -0.112. The lowest BCUT2D eigenvalue weighted by Crippen LogP contribution is -2.50. The quantitative estimate of drug-likeness (QED) is 0.410. The van der Waals surface area contributed by atoms with Gasteiger partial charge in [0.05, 0.1) is 26.4 Å². The second-order valence-electron chi connectivity index (χ2n) is 10.0. The molecular formula is C24H41NO5Si. The van der Waals surface area contributed by atoms with Crippen LogP contribution in [0.4, 0.5) is 0 Å². The van der Waals surface area contributed by atoms with Gasteiger partial charge in [-0.2, -0.15) is 0 Å². The Morgan fingerprint density at radius 1 is 1.23 bits per heavy atom. The molecule has 2 rings (SSSR count). The number of nitrogens with one attached hydrogen (secondary N) is 1. The summed E-state index contributed by atoms with van der Waals surface area (Å²) in [6.45, 7) is 16.0. The third-order valence-electron chi connectivity index (χ3n) is 6.17. The minimum Gasteiger partial charge on any atom is -0.500 e. The zero-order valence-electron chi connectivity index (χ0n) is 20.4. The van der Waals surface area contributed by atoms with Crippen molar-refractivity contribution in [2.45, 2.75) is 83.3 Å². The molecule has 0 spiro atoms. The van der Waals surface area contributed by atoms with E-state index in [2.05, 4.69) is 51.3 Å². The molecule has 1 aliphatic rings. The van der Waals surface area contributed by atoms with Gasteiger partial charge in [0.25, 0.3) is 0 Å². The van der Waals surface area contributed by atoms with Crippen LogP contribution >= 0.6 is 0 Å². The van der Waals surface area contributed by atoms with Crippen LogP contribution in [0.15, 0.2) is 42.2 Å². The molecule has 7 heteroatoms. The van der Waals surface area contributed by atoms with Gasteiger partial charge in [-0.05, 0) is 43.6 Å². The number of methoxy groups -OCH3 is 1. The zero-order valence-corrected chi connectivity index (χ0v) is 21.4. The average molecular weight is 452 g/mol. The molecule has 176 valence electrons. The smallest absolute Gasteiger partial charge is 0.192 e. The number of hydrogen-bond donors (Lipinski definition) is 2. The summed E-state index contributed by atoms with van der Waals surface area (Å²) >= 11 is 0. The van der Waals surface area contributed by atoms with E-state index in [1.54, 1.807) is 13.2 Å². The maximum Gasteiger partial charge on any atom is 0.192 e. The van der Waals surface area contributed by atoms with E-state index in [9.17, 15) is 5.11 Å². The summed E-state index contributed by atoms with van der Waals surface area (Å²) in [4.78, 5) is 0. The maximum absolute atomic E-state index is 9.54. The largest absolute Gasteiger partial charge is 0.500 e. The van der Waals surface area contributed by atoms with Gasteiger partial charge in [0.1, 0.15) is 18.0 Å². The second kappa shape index (κ2) is 10.6. The Morgan fingerprint density at radius 3 is 2.42 bits per heavy atom. The van der Waals surface area contributed by atoms with Crippen LogP contribution in [0.25, 0.3) is 0 Å². The average Bonchev–Trinajstić information content (AvgIpc) is 3.00. The predicted octanol–water partition coefficient (Wildman–Crippen LogP) is 4.21. The Labute approximate surface area is 189 Å². The molecule has 1 saturated heterocycles. The number of benzene rings is 1. The van der Waals surface area contributed by atoms with Gasteiger partial charge in [-0.1, -0.05) is 51.1 Å². The lowest BCUT2D eigenvalue weighted by Gasteiger charge is -2.37. The van der Waals surface area contributed by atoms with Crippen LogP contribution in [-0.2, 0) is 25.2 Å². The molecule has 0 aliphatic carbocycles. The summed E-state index contributed by atoms with van der Waals surface area (Å²) in [6, 6.07) is 9.87. The summed E-state index contributed by atoms with van der Waals surface area (Å²) in [7, 11) is -0.335. The van der Waals surface area contributed by atoms with Crippen molar-refractivity contribution in [1.29, 1.82) is 0 Å². The molecule has 0 saturated carbocycles. The van der Waals surface area contributed by atoms with Crippen molar-refractivity contribution in [3.63, 3.8) is 0 Å². The van der Waals surface area contributed by atoms with Crippen LogP contribution in [0.3, 0.4) is 0 Å². The van der Waals surface area contributed by atoms with Crippen molar-refractivity contribution in [3.05, 3.63) is 47.7 Å². The summed E-state index contributed by atoms with van der Waals surface area (Å²) in [5.41, 5.74) is 1.15. The van der Waals surface area contributed by atoms with E-state index >= 15 is 0 Å². The van der Waals surface area contributed by atoms with Crippen LogP contribution in [0, 0.1) is 0 Å². The number of ether oxygens (including phenoxy) is 3. The summed E-state index contributed by atoms with van der Waals surface area (Å²) in [5, 5.41) is 13.2. The first kappa shape index (κ1) is 26.0. The first-order valence-electron chi connectivity index (χ1n) is 11.0. The molecule has 3 atom stereocenters. The first-order chi connectivity index (χ1) is 14.4. The van der Waals surface area contributed by atoms with Crippen LogP contribution in [0.1, 0.15) is 40.2 Å². The Morgan fingerprint density at radius 2 is 1.87 bits per heavy atom. The molecule has 0 amide bonds. The van der Waals surface area contributed by atoms with Crippen LogP contribution < -0.4 is 5.32 Å². The number of rotatable bonds is 10. The van der Waals surface area contributed by atoms with E-state index in [-0.39, 0.29) is 29.9 Å². The van der Waals surface area contributed by atoms with Crippen molar-refractivity contribution < 1.29 is 23.7 Å². The van der Waals surface area contributed by atoms with Crippen molar-refractivity contribution >= 4 is 8.32 Å². The Balaban J connectivity index is 2.25. The predicted molar refractivity (Wildman–Crippen MR) is 126 cm³/mol. The molecule has 0 radical (unpaired) electrons. The maximum atomic E-state index is 9.54. The molecule has 0 aromatic heterocycles. The molecule has 1 heterocycles. The third-order valence-corrected chi connectivity index (χ3v) is 10.7. The highest BCUT2D eigenvalue weighted by atomic mass is 28.4. The lowest BCUT2D eigenvalue weighted by atomic mass is 10.0. The van der Waals surface area contributed by atoms with E-state index < -0.39 is 14.1 Å². The minimum atomic E-state index is -1.95. The van der Waals surface area contributed by atoms with E-state index in [1.807, 2.05) is 32.0 Å². The van der Waals surface area contributed by atoms with Gasteiger partial charge in [0.2, 0.25) is 0 Å². The number of aliphatic hydroxyl groups is 1. The van der Waals surface area contributed by atoms with Crippen molar-refractivity contribution in [2.75, 3.05) is 20.3 Å². The molecule has 1 fully saturated rings. The van der Waals surface area contributed by atoms with Gasteiger partial charge in [-0.3, -0.25) is 0 Å². The highest BCUT2D eigenvalue weighted by molar-refractivity contribution is 6.74. The number of aliphatic hydroxyl groups excluding tert-OH is 1. The molecule has 2 N–H and O–H groups in total. The van der Waals surface area contributed by atoms with E-state index in [0.717, 1.165) is 5.56 Å². The van der Waals surface area contributed by atoms with Crippen LogP contribution in [-0.4, -0.2) is 57.8 Å². The molecule has 1 aromatic rings. The van der Waals surface area contributed by atoms with Crippen LogP contribution in [0.2, 0.25) is 18.1 Å². The summed E-state index contributed by atoms with van der Waals surface area (Å²) in [6.07, 6.45) is 1.07. The van der Waals surface area contributed by atoms with Gasteiger partial charge in [0.15, 0.2) is 14.1 Å². The Hall–Kier alpha value is -1.22. The second-order valence-corrected chi connectivity index (χ2v) is 14.9. The molecule has 1 aromatic carbocycles. The fourth-order valence-electron chi connectivity index (χ4n) is 3.41. The summed E-state index contributed by atoms with van der Waals surface area (Å²) < 4.78 is 24.7. The normalized spacial score (nSPS) is 23.1. The topological polar surface area (TPSA) is 69.2 Å². The molecule has 0 bridgehead atoms. The number of hydrogen-bond acceptors (Lipinski definition) is 6. The Bertz CT molecular complexity index is 714. The van der Waals surface area contributed by atoms with Gasteiger partial charge in [0, 0.05) is 6.54 Å². The van der Waals surface area contributed by atoms with Gasteiger partial charge < -0.3 is 29.1 Å². The fourth-order valence-corrected chi connectivity index (χ4v) is 4.43. The molecular weight excluding hydrogens is 410 g/mol. The van der Waals surface area contributed by atoms with E-state index in [0.29, 0.717) is 18.9 Å². The Kier molecular flexibility index (Phi) is 8.90. The van der Waals surface area contributed by atoms with Gasteiger partial charge in [-0.25, -0.2) is 0 Å². The SMILES string of the molecule is CO/C(=C/CO)[C@H](NCc1ccccc1)[C@H]1OC(C)(C)O[C@H]1CO[Si](C)(C)C(C)(C)C.